The monoisotopic (exact) mass is 492 g/mol. The van der Waals surface area contributed by atoms with Gasteiger partial charge in [0.25, 0.3) is 0 Å². The molecule has 6 atom stereocenters. The normalized spacial score (nSPS) is 18.2. The largest absolute Gasteiger partial charge is 0.212 e. The van der Waals surface area contributed by atoms with Crippen molar-refractivity contribution in [3.63, 3.8) is 0 Å². The van der Waals surface area contributed by atoms with Crippen LogP contribution in [0.4, 0.5) is 8.78 Å². The van der Waals surface area contributed by atoms with Gasteiger partial charge in [0.2, 0.25) is 0 Å². The Labute approximate surface area is 218 Å². The van der Waals surface area contributed by atoms with Crippen molar-refractivity contribution in [3.8, 4) is 0 Å². The lowest BCUT2D eigenvalue weighted by molar-refractivity contribution is 0.318. The van der Waals surface area contributed by atoms with Crippen LogP contribution in [0.5, 0.6) is 0 Å². The van der Waals surface area contributed by atoms with Gasteiger partial charge in [-0.1, -0.05) is 101 Å². The minimum absolute atomic E-state index is 0.0146. The molecule has 0 aliphatic rings. The van der Waals surface area contributed by atoms with E-state index in [1.54, 1.807) is 6.08 Å². The molecular formula is C33H58F2. The highest BCUT2D eigenvalue weighted by Crippen LogP contribution is 2.32. The zero-order valence-electron chi connectivity index (χ0n) is 24.7. The molecule has 0 aliphatic heterocycles. The van der Waals surface area contributed by atoms with Gasteiger partial charge in [0, 0.05) is 5.92 Å². The Balaban J connectivity index is 4.84. The molecule has 6 unspecified atom stereocenters. The van der Waals surface area contributed by atoms with Crippen LogP contribution in [0.15, 0.2) is 48.1 Å². The van der Waals surface area contributed by atoms with Gasteiger partial charge in [-0.25, -0.2) is 8.78 Å². The van der Waals surface area contributed by atoms with E-state index in [0.29, 0.717) is 17.4 Å². The van der Waals surface area contributed by atoms with Gasteiger partial charge in [-0.2, -0.15) is 0 Å². The van der Waals surface area contributed by atoms with E-state index >= 15 is 4.39 Å². The zero-order chi connectivity index (χ0) is 27.1. The van der Waals surface area contributed by atoms with Gasteiger partial charge in [-0.15, -0.1) is 0 Å². The lowest BCUT2D eigenvalue weighted by atomic mass is 9.82. The predicted octanol–water partition coefficient (Wildman–Crippen LogP) is 11.8. The Hall–Kier alpha value is -1.18. The zero-order valence-corrected chi connectivity index (χ0v) is 24.7. The van der Waals surface area contributed by atoms with Crippen molar-refractivity contribution in [2.45, 2.75) is 120 Å². The summed E-state index contributed by atoms with van der Waals surface area (Å²) in [6.45, 7) is 27.5. The fourth-order valence-corrected chi connectivity index (χ4v) is 4.59. The second kappa shape index (κ2) is 18.1. The molecule has 0 N–H and O–H groups in total. The van der Waals surface area contributed by atoms with Gasteiger partial charge in [-0.3, -0.25) is 0 Å². The summed E-state index contributed by atoms with van der Waals surface area (Å²) in [7, 11) is 0. The van der Waals surface area contributed by atoms with E-state index < -0.39 is 0 Å². The molecule has 0 aliphatic carbocycles. The van der Waals surface area contributed by atoms with Gasteiger partial charge in [0.05, 0.1) is 5.83 Å². The summed E-state index contributed by atoms with van der Waals surface area (Å²) in [5, 5.41) is 0. The number of allylic oxidation sites excluding steroid dienone is 6. The smallest absolute Gasteiger partial charge is 0.126 e. The molecule has 0 aromatic heterocycles. The molecule has 0 bridgehead atoms. The van der Waals surface area contributed by atoms with E-state index in [0.717, 1.165) is 50.0 Å². The summed E-state index contributed by atoms with van der Waals surface area (Å²) in [4.78, 5) is 0. The summed E-state index contributed by atoms with van der Waals surface area (Å²) in [5.41, 5.74) is 1.41. The summed E-state index contributed by atoms with van der Waals surface area (Å²) in [6, 6.07) is 0. The molecule has 0 saturated carbocycles. The molecule has 0 heterocycles. The summed E-state index contributed by atoms with van der Waals surface area (Å²) < 4.78 is 29.3. The molecule has 204 valence electrons. The average Bonchev–Trinajstić information content (AvgIpc) is 2.82. The molecular weight excluding hydrogens is 434 g/mol. The molecule has 0 saturated heterocycles. The molecule has 0 fully saturated rings. The maximum Gasteiger partial charge on any atom is 0.126 e. The van der Waals surface area contributed by atoms with Crippen LogP contribution in [0.3, 0.4) is 0 Å². The van der Waals surface area contributed by atoms with Crippen molar-refractivity contribution in [2.75, 3.05) is 0 Å². The lowest BCUT2D eigenvalue weighted by Gasteiger charge is -2.24. The average molecular weight is 493 g/mol. The molecule has 0 aromatic carbocycles. The van der Waals surface area contributed by atoms with Crippen LogP contribution in [0.25, 0.3) is 0 Å². The molecule has 0 spiro atoms. The quantitative estimate of drug-likeness (QED) is 0.157. The van der Waals surface area contributed by atoms with Crippen LogP contribution in [0, 0.1) is 41.4 Å². The standard InChI is InChI=1S/C33H58F2/c1-12-14-16-24(5)25(6)17-18-26(7)29(10)21-33(35)30(11)27(8)19-20-28(9)31(15-13-2)22-32(34)23(3)4/h21-28,31H,10-20H2,1-9H3/b32-22+,33-21+. The number of hydrogen-bond donors (Lipinski definition) is 0. The highest BCUT2D eigenvalue weighted by molar-refractivity contribution is 5.32. The number of unbranched alkanes of at least 4 members (excludes halogenated alkanes) is 1. The minimum Gasteiger partial charge on any atom is -0.212 e. The Morgan fingerprint density at radius 2 is 1.23 bits per heavy atom. The maximum atomic E-state index is 15.0. The highest BCUT2D eigenvalue weighted by Gasteiger charge is 2.20. The van der Waals surface area contributed by atoms with Crippen molar-refractivity contribution in [2.24, 2.45) is 41.4 Å². The molecule has 0 nitrogen and oxygen atoms in total. The van der Waals surface area contributed by atoms with E-state index in [9.17, 15) is 4.39 Å². The van der Waals surface area contributed by atoms with Crippen LogP contribution in [-0.4, -0.2) is 0 Å². The van der Waals surface area contributed by atoms with Gasteiger partial charge in [-0.05, 0) is 90.9 Å². The van der Waals surface area contributed by atoms with E-state index in [1.807, 2.05) is 26.8 Å². The van der Waals surface area contributed by atoms with Crippen molar-refractivity contribution >= 4 is 0 Å². The fraction of sp³-hybridized carbons (Fsp3) is 0.758. The molecule has 0 rings (SSSR count). The van der Waals surface area contributed by atoms with Crippen molar-refractivity contribution in [3.05, 3.63) is 48.1 Å². The topological polar surface area (TPSA) is 0 Å². The Morgan fingerprint density at radius 1 is 0.686 bits per heavy atom. The first-order valence-corrected chi connectivity index (χ1v) is 14.5. The van der Waals surface area contributed by atoms with Gasteiger partial charge in [0.15, 0.2) is 0 Å². The van der Waals surface area contributed by atoms with Crippen LogP contribution >= 0.6 is 0 Å². The van der Waals surface area contributed by atoms with E-state index in [4.69, 9.17) is 0 Å². The van der Waals surface area contributed by atoms with Gasteiger partial charge in [0.1, 0.15) is 5.83 Å². The summed E-state index contributed by atoms with van der Waals surface area (Å²) in [6.07, 6.45) is 13.3. The first-order chi connectivity index (χ1) is 16.3. The number of rotatable bonds is 19. The SMILES string of the molecule is C=C(/C=C(/F)C(=C)C(C)CCC(C)C(/C=C(/F)C(C)C)CCC)C(C)CCC(C)C(C)CCCC. The first-order valence-electron chi connectivity index (χ1n) is 14.5. The summed E-state index contributed by atoms with van der Waals surface area (Å²) in [5.74, 6) is 2.01. The Bertz CT molecular complexity index is 669. The minimum atomic E-state index is -0.234. The van der Waals surface area contributed by atoms with E-state index in [2.05, 4.69) is 54.7 Å². The molecule has 2 heteroatoms. The second-order valence-corrected chi connectivity index (χ2v) is 11.8. The van der Waals surface area contributed by atoms with Gasteiger partial charge >= 0.3 is 0 Å². The lowest BCUT2D eigenvalue weighted by Crippen LogP contribution is -2.13. The predicted molar refractivity (Wildman–Crippen MR) is 154 cm³/mol. The third-order valence-corrected chi connectivity index (χ3v) is 8.22. The van der Waals surface area contributed by atoms with Crippen LogP contribution in [0.2, 0.25) is 0 Å². The van der Waals surface area contributed by atoms with E-state index in [1.165, 1.54) is 19.3 Å². The third-order valence-electron chi connectivity index (χ3n) is 8.22. The van der Waals surface area contributed by atoms with Crippen molar-refractivity contribution < 1.29 is 8.78 Å². The van der Waals surface area contributed by atoms with Crippen LogP contribution in [0.1, 0.15) is 120 Å². The van der Waals surface area contributed by atoms with E-state index in [-0.39, 0.29) is 35.3 Å². The first kappa shape index (κ1) is 33.8. The van der Waals surface area contributed by atoms with Crippen molar-refractivity contribution in [1.29, 1.82) is 0 Å². The van der Waals surface area contributed by atoms with Crippen LogP contribution in [-0.2, 0) is 0 Å². The highest BCUT2D eigenvalue weighted by atomic mass is 19.1. The number of hydrogen-bond acceptors (Lipinski definition) is 0. The molecule has 0 radical (unpaired) electrons. The third kappa shape index (κ3) is 13.6. The fourth-order valence-electron chi connectivity index (χ4n) is 4.59. The molecule has 0 amide bonds. The Kier molecular flexibility index (Phi) is 17.5. The van der Waals surface area contributed by atoms with Crippen molar-refractivity contribution in [1.82, 2.24) is 0 Å². The second-order valence-electron chi connectivity index (χ2n) is 11.8. The number of halogens is 2. The van der Waals surface area contributed by atoms with Gasteiger partial charge < -0.3 is 0 Å². The molecule has 35 heavy (non-hydrogen) atoms. The molecule has 0 aromatic rings. The Morgan fingerprint density at radius 3 is 1.77 bits per heavy atom. The maximum absolute atomic E-state index is 15.0. The summed E-state index contributed by atoms with van der Waals surface area (Å²) >= 11 is 0. The van der Waals surface area contributed by atoms with Crippen LogP contribution < -0.4 is 0 Å².